The highest BCUT2D eigenvalue weighted by Gasteiger charge is 2.04. The van der Waals surface area contributed by atoms with Gasteiger partial charge in [0.1, 0.15) is 10.8 Å². The predicted molar refractivity (Wildman–Crippen MR) is 110 cm³/mol. The highest BCUT2D eigenvalue weighted by Crippen LogP contribution is 2.17. The van der Waals surface area contributed by atoms with Crippen LogP contribution < -0.4 is 10.6 Å². The molecular formula is C16H21ClFIN4S. The van der Waals surface area contributed by atoms with Crippen LogP contribution in [0.1, 0.15) is 22.4 Å². The Morgan fingerprint density at radius 2 is 2.17 bits per heavy atom. The Kier molecular flexibility index (Phi) is 9.53. The lowest BCUT2D eigenvalue weighted by Crippen LogP contribution is -2.38. The van der Waals surface area contributed by atoms with Gasteiger partial charge in [-0.1, -0.05) is 17.7 Å². The SMILES string of the molecule is CCNC(=NCc1ncc(C)s1)NCCc1ccc(F)cc1Cl.I. The molecule has 0 amide bonds. The summed E-state index contributed by atoms with van der Waals surface area (Å²) in [5, 5.41) is 7.88. The van der Waals surface area contributed by atoms with E-state index in [1.807, 2.05) is 20.0 Å². The minimum atomic E-state index is -0.319. The number of aromatic nitrogens is 1. The Hall–Kier alpha value is -0.930. The topological polar surface area (TPSA) is 49.3 Å². The molecule has 8 heteroatoms. The summed E-state index contributed by atoms with van der Waals surface area (Å²) in [7, 11) is 0. The van der Waals surface area contributed by atoms with Gasteiger partial charge in [0.25, 0.3) is 0 Å². The van der Waals surface area contributed by atoms with E-state index in [4.69, 9.17) is 11.6 Å². The van der Waals surface area contributed by atoms with Crippen LogP contribution in [0.4, 0.5) is 4.39 Å². The quantitative estimate of drug-likeness (QED) is 0.369. The number of nitrogens with zero attached hydrogens (tertiary/aromatic N) is 2. The normalized spacial score (nSPS) is 11.1. The average Bonchev–Trinajstić information content (AvgIpc) is 2.92. The van der Waals surface area contributed by atoms with E-state index in [0.717, 1.165) is 23.1 Å². The van der Waals surface area contributed by atoms with Crippen molar-refractivity contribution in [3.63, 3.8) is 0 Å². The Morgan fingerprint density at radius 1 is 1.38 bits per heavy atom. The van der Waals surface area contributed by atoms with Gasteiger partial charge in [0.2, 0.25) is 0 Å². The number of nitrogens with one attached hydrogen (secondary N) is 2. The first kappa shape index (κ1) is 21.1. The molecular weight excluding hydrogens is 462 g/mol. The standard InChI is InChI=1S/C16H20ClFN4S.HI/c1-3-19-16(22-10-15-21-9-11(2)23-15)20-7-6-12-4-5-13(18)8-14(12)17;/h4-5,8-9H,3,6-7,10H2,1-2H3,(H2,19,20,22);1H. The zero-order chi connectivity index (χ0) is 16.7. The molecule has 0 spiro atoms. The smallest absolute Gasteiger partial charge is 0.191 e. The predicted octanol–water partition coefficient (Wildman–Crippen LogP) is 4.16. The maximum absolute atomic E-state index is 13.0. The van der Waals surface area contributed by atoms with Gasteiger partial charge in [0.15, 0.2) is 5.96 Å². The van der Waals surface area contributed by atoms with Gasteiger partial charge in [-0.3, -0.25) is 0 Å². The molecule has 0 radical (unpaired) electrons. The Labute approximate surface area is 168 Å². The highest BCUT2D eigenvalue weighted by molar-refractivity contribution is 14.0. The molecule has 1 heterocycles. The second-order valence-corrected chi connectivity index (χ2v) is 6.70. The summed E-state index contributed by atoms with van der Waals surface area (Å²) < 4.78 is 13.0. The molecule has 4 nitrogen and oxygen atoms in total. The van der Waals surface area contributed by atoms with Crippen molar-refractivity contribution in [1.29, 1.82) is 0 Å². The number of hydrogen-bond donors (Lipinski definition) is 2. The molecule has 0 unspecified atom stereocenters. The number of guanidine groups is 1. The first-order valence-corrected chi connectivity index (χ1v) is 8.65. The first-order valence-electron chi connectivity index (χ1n) is 7.46. The van der Waals surface area contributed by atoms with Crippen LogP contribution in [0.3, 0.4) is 0 Å². The summed E-state index contributed by atoms with van der Waals surface area (Å²) in [4.78, 5) is 9.99. The van der Waals surface area contributed by atoms with Crippen molar-refractivity contribution in [1.82, 2.24) is 15.6 Å². The van der Waals surface area contributed by atoms with E-state index in [-0.39, 0.29) is 29.8 Å². The minimum Gasteiger partial charge on any atom is -0.357 e. The Balaban J connectivity index is 0.00000288. The fourth-order valence-corrected chi connectivity index (χ4v) is 2.98. The third-order valence-corrected chi connectivity index (χ3v) is 4.34. The first-order chi connectivity index (χ1) is 11.1. The highest BCUT2D eigenvalue weighted by atomic mass is 127. The maximum atomic E-state index is 13.0. The molecule has 0 saturated heterocycles. The van der Waals surface area contributed by atoms with Crippen molar-refractivity contribution >= 4 is 52.9 Å². The van der Waals surface area contributed by atoms with E-state index in [2.05, 4.69) is 20.6 Å². The second kappa shape index (κ2) is 10.8. The number of halogens is 3. The minimum absolute atomic E-state index is 0. The van der Waals surface area contributed by atoms with Gasteiger partial charge in [0.05, 0.1) is 6.54 Å². The number of rotatable bonds is 6. The van der Waals surface area contributed by atoms with E-state index >= 15 is 0 Å². The monoisotopic (exact) mass is 482 g/mol. The summed E-state index contributed by atoms with van der Waals surface area (Å²) in [5.74, 6) is 0.416. The molecule has 2 aromatic rings. The Morgan fingerprint density at radius 3 is 2.79 bits per heavy atom. The summed E-state index contributed by atoms with van der Waals surface area (Å²) in [6.07, 6.45) is 2.55. The lowest BCUT2D eigenvalue weighted by atomic mass is 10.1. The lowest BCUT2D eigenvalue weighted by Gasteiger charge is -2.11. The van der Waals surface area contributed by atoms with Crippen molar-refractivity contribution < 1.29 is 4.39 Å². The van der Waals surface area contributed by atoms with E-state index in [0.29, 0.717) is 24.5 Å². The maximum Gasteiger partial charge on any atom is 0.191 e. The largest absolute Gasteiger partial charge is 0.357 e. The van der Waals surface area contributed by atoms with Crippen LogP contribution >= 0.6 is 46.9 Å². The van der Waals surface area contributed by atoms with Gasteiger partial charge in [-0.2, -0.15) is 0 Å². The van der Waals surface area contributed by atoms with Gasteiger partial charge in [-0.05, 0) is 38.0 Å². The summed E-state index contributed by atoms with van der Waals surface area (Å²) in [6, 6.07) is 4.47. The van der Waals surface area contributed by atoms with Crippen molar-refractivity contribution in [2.75, 3.05) is 13.1 Å². The van der Waals surface area contributed by atoms with Crippen molar-refractivity contribution in [2.45, 2.75) is 26.8 Å². The summed E-state index contributed by atoms with van der Waals surface area (Å²) in [6.45, 7) is 6.03. The fraction of sp³-hybridized carbons (Fsp3) is 0.375. The van der Waals surface area contributed by atoms with E-state index < -0.39 is 0 Å². The van der Waals surface area contributed by atoms with Gasteiger partial charge >= 0.3 is 0 Å². The molecule has 0 aliphatic heterocycles. The van der Waals surface area contributed by atoms with Gasteiger partial charge < -0.3 is 10.6 Å². The number of aryl methyl sites for hydroxylation is 1. The van der Waals surface area contributed by atoms with E-state index in [1.165, 1.54) is 17.0 Å². The number of aliphatic imine (C=N–C) groups is 1. The van der Waals surface area contributed by atoms with Gasteiger partial charge in [-0.25, -0.2) is 14.4 Å². The van der Waals surface area contributed by atoms with Crippen LogP contribution in [-0.2, 0) is 13.0 Å². The van der Waals surface area contributed by atoms with Crippen LogP contribution in [0.15, 0.2) is 29.4 Å². The lowest BCUT2D eigenvalue weighted by molar-refractivity contribution is 0.627. The molecule has 2 rings (SSSR count). The number of hydrogen-bond acceptors (Lipinski definition) is 3. The molecule has 2 N–H and O–H groups in total. The van der Waals surface area contributed by atoms with Crippen LogP contribution in [0.25, 0.3) is 0 Å². The second-order valence-electron chi connectivity index (χ2n) is 4.97. The van der Waals surface area contributed by atoms with Crippen molar-refractivity contribution in [3.8, 4) is 0 Å². The zero-order valence-electron chi connectivity index (χ0n) is 13.6. The molecule has 0 saturated carbocycles. The summed E-state index contributed by atoms with van der Waals surface area (Å²) in [5.41, 5.74) is 0.909. The molecule has 1 aromatic carbocycles. The fourth-order valence-electron chi connectivity index (χ4n) is 2.00. The van der Waals surface area contributed by atoms with Crippen LogP contribution in [0.5, 0.6) is 0 Å². The molecule has 1 aromatic heterocycles. The molecule has 132 valence electrons. The van der Waals surface area contributed by atoms with Crippen molar-refractivity contribution in [3.05, 3.63) is 50.7 Å². The van der Waals surface area contributed by atoms with Crippen molar-refractivity contribution in [2.24, 2.45) is 4.99 Å². The molecule has 0 bridgehead atoms. The molecule has 0 fully saturated rings. The molecule has 0 atom stereocenters. The molecule has 0 aliphatic rings. The third kappa shape index (κ3) is 6.90. The molecule has 24 heavy (non-hydrogen) atoms. The molecule has 0 aliphatic carbocycles. The third-order valence-electron chi connectivity index (χ3n) is 3.09. The summed E-state index contributed by atoms with van der Waals surface area (Å²) >= 11 is 7.67. The van der Waals surface area contributed by atoms with Gasteiger partial charge in [-0.15, -0.1) is 35.3 Å². The van der Waals surface area contributed by atoms with E-state index in [1.54, 1.807) is 17.4 Å². The zero-order valence-corrected chi connectivity index (χ0v) is 17.5. The Bertz CT molecular complexity index is 678. The van der Waals surface area contributed by atoms with Gasteiger partial charge in [0, 0.05) is 29.2 Å². The van der Waals surface area contributed by atoms with Crippen LogP contribution in [-0.4, -0.2) is 24.0 Å². The van der Waals surface area contributed by atoms with E-state index in [9.17, 15) is 4.39 Å². The number of thiazole rings is 1. The average molecular weight is 483 g/mol. The van der Waals surface area contributed by atoms with Crippen LogP contribution in [0, 0.1) is 12.7 Å². The van der Waals surface area contributed by atoms with Crippen LogP contribution in [0.2, 0.25) is 5.02 Å². The number of benzene rings is 1.